The summed E-state index contributed by atoms with van der Waals surface area (Å²) < 4.78 is 2.21. The second-order valence-corrected chi connectivity index (χ2v) is 7.03. The molecule has 0 aliphatic carbocycles. The minimum atomic E-state index is -0.0883. The SMILES string of the molecule is Cc1cccc(C(=O)NCc2nc3ccccc3n2C(C)c2ccccc2)c1. The van der Waals surface area contributed by atoms with Gasteiger partial charge in [-0.2, -0.15) is 0 Å². The van der Waals surface area contributed by atoms with E-state index >= 15 is 0 Å². The minimum Gasteiger partial charge on any atom is -0.345 e. The van der Waals surface area contributed by atoms with E-state index in [1.807, 2.05) is 67.6 Å². The lowest BCUT2D eigenvalue weighted by atomic mass is 10.1. The lowest BCUT2D eigenvalue weighted by Crippen LogP contribution is -2.25. The van der Waals surface area contributed by atoms with Crippen LogP contribution in [0.3, 0.4) is 0 Å². The maximum Gasteiger partial charge on any atom is 0.251 e. The molecule has 0 saturated carbocycles. The Balaban J connectivity index is 1.66. The van der Waals surface area contributed by atoms with Gasteiger partial charge < -0.3 is 9.88 Å². The fraction of sp³-hybridized carbons (Fsp3) is 0.167. The third-order valence-electron chi connectivity index (χ3n) is 5.03. The largest absolute Gasteiger partial charge is 0.345 e. The number of para-hydroxylation sites is 2. The molecular formula is C24H23N3O. The van der Waals surface area contributed by atoms with Gasteiger partial charge >= 0.3 is 0 Å². The summed E-state index contributed by atoms with van der Waals surface area (Å²) in [5.74, 6) is 0.758. The van der Waals surface area contributed by atoms with Crippen molar-refractivity contribution >= 4 is 16.9 Å². The first kappa shape index (κ1) is 18.0. The lowest BCUT2D eigenvalue weighted by molar-refractivity contribution is 0.0949. The predicted octanol–water partition coefficient (Wildman–Crippen LogP) is 4.88. The zero-order chi connectivity index (χ0) is 19.5. The van der Waals surface area contributed by atoms with Gasteiger partial charge in [0.05, 0.1) is 23.6 Å². The molecule has 3 aromatic carbocycles. The number of rotatable bonds is 5. The number of benzene rings is 3. The summed E-state index contributed by atoms with van der Waals surface area (Å²) in [7, 11) is 0. The van der Waals surface area contributed by atoms with E-state index in [0.29, 0.717) is 12.1 Å². The van der Waals surface area contributed by atoms with E-state index in [2.05, 4.69) is 35.0 Å². The highest BCUT2D eigenvalue weighted by molar-refractivity contribution is 5.94. The number of imidazole rings is 1. The number of nitrogens with one attached hydrogen (secondary N) is 1. The lowest BCUT2D eigenvalue weighted by Gasteiger charge is -2.18. The molecule has 140 valence electrons. The first-order valence-electron chi connectivity index (χ1n) is 9.49. The molecule has 0 spiro atoms. The summed E-state index contributed by atoms with van der Waals surface area (Å²) in [6.07, 6.45) is 0. The Hall–Kier alpha value is -3.40. The quantitative estimate of drug-likeness (QED) is 0.545. The normalized spacial score (nSPS) is 12.1. The van der Waals surface area contributed by atoms with Gasteiger partial charge in [-0.15, -0.1) is 0 Å². The third-order valence-corrected chi connectivity index (χ3v) is 5.03. The fourth-order valence-corrected chi connectivity index (χ4v) is 3.58. The van der Waals surface area contributed by atoms with Crippen LogP contribution in [0.5, 0.6) is 0 Å². The number of aryl methyl sites for hydroxylation is 1. The van der Waals surface area contributed by atoms with Crippen molar-refractivity contribution in [1.82, 2.24) is 14.9 Å². The van der Waals surface area contributed by atoms with E-state index in [4.69, 9.17) is 4.98 Å². The summed E-state index contributed by atoms with van der Waals surface area (Å²) >= 11 is 0. The zero-order valence-corrected chi connectivity index (χ0v) is 16.1. The van der Waals surface area contributed by atoms with E-state index < -0.39 is 0 Å². The van der Waals surface area contributed by atoms with Crippen LogP contribution in [0, 0.1) is 6.92 Å². The maximum atomic E-state index is 12.6. The summed E-state index contributed by atoms with van der Waals surface area (Å²) in [6, 6.07) is 26.2. The third kappa shape index (κ3) is 3.54. The molecule has 0 bridgehead atoms. The van der Waals surface area contributed by atoms with Crippen molar-refractivity contribution < 1.29 is 4.79 Å². The van der Waals surface area contributed by atoms with Crippen LogP contribution >= 0.6 is 0 Å². The number of amides is 1. The van der Waals surface area contributed by atoms with Gasteiger partial charge in [0.2, 0.25) is 0 Å². The van der Waals surface area contributed by atoms with Crippen LogP contribution in [0.1, 0.15) is 40.3 Å². The van der Waals surface area contributed by atoms with Crippen LogP contribution in [0.25, 0.3) is 11.0 Å². The Morgan fingerprint density at radius 1 is 1.00 bits per heavy atom. The van der Waals surface area contributed by atoms with Crippen LogP contribution in [-0.2, 0) is 6.54 Å². The Morgan fingerprint density at radius 3 is 2.54 bits per heavy atom. The highest BCUT2D eigenvalue weighted by Gasteiger charge is 2.17. The molecule has 4 rings (SSSR count). The molecule has 0 saturated heterocycles. The van der Waals surface area contributed by atoms with Crippen molar-refractivity contribution in [2.45, 2.75) is 26.4 Å². The van der Waals surface area contributed by atoms with Crippen molar-refractivity contribution in [3.63, 3.8) is 0 Å². The molecule has 4 heteroatoms. The molecule has 1 atom stereocenters. The molecule has 1 aromatic heterocycles. The van der Waals surface area contributed by atoms with E-state index in [-0.39, 0.29) is 11.9 Å². The van der Waals surface area contributed by atoms with Crippen LogP contribution in [-0.4, -0.2) is 15.5 Å². The standard InChI is InChI=1S/C24H23N3O/c1-17-9-8-12-20(15-17)24(28)25-16-23-26-21-13-6-7-14-22(21)27(23)18(2)19-10-4-3-5-11-19/h3-15,18H,16H2,1-2H3,(H,25,28). The van der Waals surface area contributed by atoms with Crippen molar-refractivity contribution in [2.75, 3.05) is 0 Å². The molecule has 1 N–H and O–H groups in total. The van der Waals surface area contributed by atoms with E-state index in [1.165, 1.54) is 5.56 Å². The minimum absolute atomic E-state index is 0.0883. The van der Waals surface area contributed by atoms with Gasteiger partial charge in [-0.1, -0.05) is 60.2 Å². The summed E-state index contributed by atoms with van der Waals surface area (Å²) in [5, 5.41) is 3.03. The molecule has 0 aliphatic heterocycles. The predicted molar refractivity (Wildman–Crippen MR) is 112 cm³/mol. The molecule has 1 heterocycles. The first-order chi connectivity index (χ1) is 13.6. The number of hydrogen-bond donors (Lipinski definition) is 1. The number of carbonyl (C=O) groups is 1. The molecule has 4 aromatic rings. The van der Waals surface area contributed by atoms with Crippen LogP contribution in [0.15, 0.2) is 78.9 Å². The van der Waals surface area contributed by atoms with E-state index in [9.17, 15) is 4.79 Å². The fourth-order valence-electron chi connectivity index (χ4n) is 3.58. The highest BCUT2D eigenvalue weighted by Crippen LogP contribution is 2.26. The van der Waals surface area contributed by atoms with Gasteiger partial charge in [0, 0.05) is 5.56 Å². The van der Waals surface area contributed by atoms with Gasteiger partial charge in [-0.05, 0) is 43.7 Å². The molecular weight excluding hydrogens is 346 g/mol. The summed E-state index contributed by atoms with van der Waals surface area (Å²) in [5.41, 5.74) is 4.94. The molecule has 1 amide bonds. The van der Waals surface area contributed by atoms with Gasteiger partial charge in [0.1, 0.15) is 5.82 Å². The Labute approximate surface area is 164 Å². The number of hydrogen-bond acceptors (Lipinski definition) is 2. The average molecular weight is 369 g/mol. The van der Waals surface area contributed by atoms with Crippen LogP contribution in [0.2, 0.25) is 0 Å². The van der Waals surface area contributed by atoms with E-state index in [0.717, 1.165) is 22.4 Å². The van der Waals surface area contributed by atoms with Gasteiger partial charge in [-0.3, -0.25) is 4.79 Å². The summed E-state index contributed by atoms with van der Waals surface area (Å²) in [6.45, 7) is 4.52. The van der Waals surface area contributed by atoms with Crippen LogP contribution < -0.4 is 5.32 Å². The molecule has 1 unspecified atom stereocenters. The van der Waals surface area contributed by atoms with Crippen molar-refractivity contribution in [1.29, 1.82) is 0 Å². The molecule has 0 radical (unpaired) electrons. The van der Waals surface area contributed by atoms with Gasteiger partial charge in [0.25, 0.3) is 5.91 Å². The number of fused-ring (bicyclic) bond motifs is 1. The number of nitrogens with zero attached hydrogens (tertiary/aromatic N) is 2. The van der Waals surface area contributed by atoms with Crippen molar-refractivity contribution in [3.05, 3.63) is 101 Å². The van der Waals surface area contributed by atoms with E-state index in [1.54, 1.807) is 0 Å². The Morgan fingerprint density at radius 2 is 1.75 bits per heavy atom. The average Bonchev–Trinajstić information content (AvgIpc) is 3.10. The summed E-state index contributed by atoms with van der Waals surface area (Å²) in [4.78, 5) is 17.4. The molecule has 0 aliphatic rings. The number of carbonyl (C=O) groups excluding carboxylic acids is 1. The first-order valence-corrected chi connectivity index (χ1v) is 9.49. The highest BCUT2D eigenvalue weighted by atomic mass is 16.1. The molecule has 4 nitrogen and oxygen atoms in total. The molecule has 28 heavy (non-hydrogen) atoms. The number of aromatic nitrogens is 2. The second kappa shape index (κ2) is 7.69. The van der Waals surface area contributed by atoms with Gasteiger partial charge in [0.15, 0.2) is 0 Å². The zero-order valence-electron chi connectivity index (χ0n) is 16.1. The smallest absolute Gasteiger partial charge is 0.251 e. The Kier molecular flexibility index (Phi) is 4.94. The van der Waals surface area contributed by atoms with Crippen molar-refractivity contribution in [3.8, 4) is 0 Å². The van der Waals surface area contributed by atoms with Crippen molar-refractivity contribution in [2.24, 2.45) is 0 Å². The Bertz CT molecular complexity index is 1120. The monoisotopic (exact) mass is 369 g/mol. The topological polar surface area (TPSA) is 46.9 Å². The molecule has 0 fully saturated rings. The second-order valence-electron chi connectivity index (χ2n) is 7.03. The van der Waals surface area contributed by atoms with Gasteiger partial charge in [-0.25, -0.2) is 4.98 Å². The maximum absolute atomic E-state index is 12.6. The van der Waals surface area contributed by atoms with Crippen LogP contribution in [0.4, 0.5) is 0 Å².